The highest BCUT2D eigenvalue weighted by Gasteiger charge is 1.99. The van der Waals surface area contributed by atoms with Crippen LogP contribution >= 0.6 is 39.1 Å². The molecule has 0 saturated heterocycles. The smallest absolute Gasteiger partial charge is 0.0738 e. The molecule has 0 aliphatic heterocycles. The Labute approximate surface area is 77.5 Å². The van der Waals surface area contributed by atoms with E-state index in [1.165, 1.54) is 0 Å². The highest BCUT2D eigenvalue weighted by molar-refractivity contribution is 9.10. The number of rotatable bonds is 1. The molecule has 0 aliphatic rings. The summed E-state index contributed by atoms with van der Waals surface area (Å²) in [5.41, 5.74) is 0.714. The molecule has 1 nitrogen and oxygen atoms in total. The first-order valence-corrected chi connectivity index (χ1v) is 4.30. The minimum atomic E-state index is 0.353. The number of hydrogen-bond acceptors (Lipinski definition) is 1. The number of pyridine rings is 1. The lowest BCUT2D eigenvalue weighted by atomic mass is 10.4. The summed E-state index contributed by atoms with van der Waals surface area (Å²) in [7, 11) is 0. The number of halogens is 3. The average Bonchev–Trinajstić information content (AvgIpc) is 1.88. The zero-order valence-electron chi connectivity index (χ0n) is 4.94. The van der Waals surface area contributed by atoms with Crippen molar-refractivity contribution in [3.8, 4) is 0 Å². The molecule has 1 aromatic rings. The van der Waals surface area contributed by atoms with Gasteiger partial charge in [0.15, 0.2) is 0 Å². The first-order valence-electron chi connectivity index (χ1n) is 2.60. The maximum Gasteiger partial charge on any atom is 0.0738 e. The third-order valence-corrected chi connectivity index (χ3v) is 2.02. The van der Waals surface area contributed by atoms with Crippen molar-refractivity contribution in [2.75, 3.05) is 0 Å². The number of nitrogens with zero attached hydrogens (tertiary/aromatic N) is 1. The molecule has 0 bridgehead atoms. The second-order valence-electron chi connectivity index (χ2n) is 1.72. The standard InChI is InChI=1S/C6H4BrCl2N/c7-4-1-5(9)6(2-8)10-3-4/h1,3H,2H2. The molecule has 0 amide bonds. The highest BCUT2D eigenvalue weighted by Crippen LogP contribution is 2.19. The van der Waals surface area contributed by atoms with Gasteiger partial charge in [0, 0.05) is 10.7 Å². The van der Waals surface area contributed by atoms with Crippen LogP contribution < -0.4 is 0 Å². The molecule has 0 unspecified atom stereocenters. The minimum absolute atomic E-state index is 0.353. The molecule has 0 fully saturated rings. The van der Waals surface area contributed by atoms with Crippen molar-refractivity contribution in [1.29, 1.82) is 0 Å². The fraction of sp³-hybridized carbons (Fsp3) is 0.167. The Morgan fingerprint density at radius 3 is 2.80 bits per heavy atom. The first-order chi connectivity index (χ1) is 4.74. The molecule has 0 saturated carbocycles. The Morgan fingerprint density at radius 2 is 2.30 bits per heavy atom. The topological polar surface area (TPSA) is 12.9 Å². The third kappa shape index (κ3) is 1.84. The molecule has 54 valence electrons. The molecule has 0 aromatic carbocycles. The molecule has 1 aromatic heterocycles. The van der Waals surface area contributed by atoms with Crippen LogP contribution in [0.15, 0.2) is 16.7 Å². The maximum absolute atomic E-state index is 5.75. The van der Waals surface area contributed by atoms with Gasteiger partial charge in [-0.25, -0.2) is 0 Å². The van der Waals surface area contributed by atoms with Crippen LogP contribution in [0.1, 0.15) is 5.69 Å². The van der Waals surface area contributed by atoms with E-state index in [2.05, 4.69) is 20.9 Å². The van der Waals surface area contributed by atoms with Crippen LogP contribution in [0.2, 0.25) is 5.02 Å². The molecule has 1 rings (SSSR count). The lowest BCUT2D eigenvalue weighted by Gasteiger charge is -1.97. The van der Waals surface area contributed by atoms with E-state index < -0.39 is 0 Å². The predicted octanol–water partition coefficient (Wildman–Crippen LogP) is 3.24. The van der Waals surface area contributed by atoms with Gasteiger partial charge in [-0.05, 0) is 22.0 Å². The zero-order chi connectivity index (χ0) is 7.56. The van der Waals surface area contributed by atoms with Gasteiger partial charge in [0.2, 0.25) is 0 Å². The van der Waals surface area contributed by atoms with Gasteiger partial charge >= 0.3 is 0 Å². The summed E-state index contributed by atoms with van der Waals surface area (Å²) < 4.78 is 0.867. The van der Waals surface area contributed by atoms with Crippen LogP contribution in [0, 0.1) is 0 Å². The molecule has 0 spiro atoms. The second kappa shape index (κ2) is 3.56. The summed E-state index contributed by atoms with van der Waals surface area (Å²) >= 11 is 14.5. The van der Waals surface area contributed by atoms with Crippen molar-refractivity contribution in [2.24, 2.45) is 0 Å². The summed E-state index contributed by atoms with van der Waals surface area (Å²) in [5.74, 6) is 0.353. The zero-order valence-corrected chi connectivity index (χ0v) is 8.04. The van der Waals surface area contributed by atoms with Crippen molar-refractivity contribution in [2.45, 2.75) is 5.88 Å². The number of aromatic nitrogens is 1. The largest absolute Gasteiger partial charge is 0.257 e. The van der Waals surface area contributed by atoms with Gasteiger partial charge in [0.25, 0.3) is 0 Å². The Hall–Kier alpha value is 0.210. The van der Waals surface area contributed by atoms with Gasteiger partial charge in [0.05, 0.1) is 16.6 Å². The van der Waals surface area contributed by atoms with Crippen molar-refractivity contribution in [3.63, 3.8) is 0 Å². The van der Waals surface area contributed by atoms with E-state index in [9.17, 15) is 0 Å². The van der Waals surface area contributed by atoms with E-state index in [1.54, 1.807) is 12.3 Å². The van der Waals surface area contributed by atoms with Crippen LogP contribution in [0.4, 0.5) is 0 Å². The Bertz CT molecular complexity index is 239. The van der Waals surface area contributed by atoms with Crippen molar-refractivity contribution in [1.82, 2.24) is 4.98 Å². The minimum Gasteiger partial charge on any atom is -0.257 e. The molecule has 4 heteroatoms. The first kappa shape index (κ1) is 8.31. The van der Waals surface area contributed by atoms with Gasteiger partial charge in [-0.1, -0.05) is 11.6 Å². The molecular formula is C6H4BrCl2N. The average molecular weight is 241 g/mol. The Morgan fingerprint density at radius 1 is 1.60 bits per heavy atom. The quantitative estimate of drug-likeness (QED) is 0.687. The van der Waals surface area contributed by atoms with Crippen molar-refractivity contribution < 1.29 is 0 Å². The van der Waals surface area contributed by atoms with Crippen LogP contribution in [-0.2, 0) is 5.88 Å². The van der Waals surface area contributed by atoms with Crippen molar-refractivity contribution in [3.05, 3.63) is 27.5 Å². The number of hydrogen-bond donors (Lipinski definition) is 0. The summed E-state index contributed by atoms with van der Waals surface area (Å²) in [6.45, 7) is 0. The molecule has 0 N–H and O–H groups in total. The van der Waals surface area contributed by atoms with Gasteiger partial charge in [-0.15, -0.1) is 11.6 Å². The van der Waals surface area contributed by atoms with Gasteiger partial charge in [0.1, 0.15) is 0 Å². The van der Waals surface area contributed by atoms with E-state index in [0.717, 1.165) is 4.47 Å². The molecule has 0 atom stereocenters. The van der Waals surface area contributed by atoms with Gasteiger partial charge < -0.3 is 0 Å². The molecule has 0 radical (unpaired) electrons. The molecular weight excluding hydrogens is 237 g/mol. The lowest BCUT2D eigenvalue weighted by Crippen LogP contribution is -1.85. The normalized spacial score (nSPS) is 9.90. The Balaban J connectivity index is 3.07. The molecule has 0 aliphatic carbocycles. The van der Waals surface area contributed by atoms with E-state index in [1.807, 2.05) is 0 Å². The van der Waals surface area contributed by atoms with Gasteiger partial charge in [-0.3, -0.25) is 4.98 Å². The predicted molar refractivity (Wildman–Crippen MR) is 46.5 cm³/mol. The Kier molecular flexibility index (Phi) is 2.96. The summed E-state index contributed by atoms with van der Waals surface area (Å²) in [5, 5.41) is 0.601. The fourth-order valence-corrected chi connectivity index (χ4v) is 1.52. The van der Waals surface area contributed by atoms with Crippen LogP contribution in [-0.4, -0.2) is 4.98 Å². The fourth-order valence-electron chi connectivity index (χ4n) is 0.541. The summed E-state index contributed by atoms with van der Waals surface area (Å²) in [4.78, 5) is 3.99. The van der Waals surface area contributed by atoms with Crippen LogP contribution in [0.25, 0.3) is 0 Å². The van der Waals surface area contributed by atoms with E-state index in [4.69, 9.17) is 23.2 Å². The molecule has 1 heterocycles. The SMILES string of the molecule is ClCc1ncc(Br)cc1Cl. The maximum atomic E-state index is 5.75. The lowest BCUT2D eigenvalue weighted by molar-refractivity contribution is 1.16. The summed E-state index contributed by atoms with van der Waals surface area (Å²) in [6.07, 6.45) is 1.67. The molecule has 10 heavy (non-hydrogen) atoms. The summed E-state index contributed by atoms with van der Waals surface area (Å²) in [6, 6.07) is 1.77. The highest BCUT2D eigenvalue weighted by atomic mass is 79.9. The second-order valence-corrected chi connectivity index (χ2v) is 3.31. The van der Waals surface area contributed by atoms with E-state index >= 15 is 0 Å². The van der Waals surface area contributed by atoms with E-state index in [-0.39, 0.29) is 0 Å². The number of alkyl halides is 1. The third-order valence-electron chi connectivity index (χ3n) is 1.01. The van der Waals surface area contributed by atoms with Crippen molar-refractivity contribution >= 4 is 39.1 Å². The van der Waals surface area contributed by atoms with E-state index in [0.29, 0.717) is 16.6 Å². The van der Waals surface area contributed by atoms with Gasteiger partial charge in [-0.2, -0.15) is 0 Å². The van der Waals surface area contributed by atoms with Crippen LogP contribution in [0.5, 0.6) is 0 Å². The van der Waals surface area contributed by atoms with Crippen LogP contribution in [0.3, 0.4) is 0 Å². The monoisotopic (exact) mass is 239 g/mol.